The molecule has 0 atom stereocenters. The maximum atomic E-state index is 12.5. The van der Waals surface area contributed by atoms with Crippen LogP contribution in [0.4, 0.5) is 11.4 Å². The van der Waals surface area contributed by atoms with Gasteiger partial charge in [-0.3, -0.25) is 14.4 Å². The van der Waals surface area contributed by atoms with E-state index in [0.29, 0.717) is 28.4 Å². The summed E-state index contributed by atoms with van der Waals surface area (Å²) < 4.78 is 5.18. The highest BCUT2D eigenvalue weighted by molar-refractivity contribution is 6.31. The molecule has 0 saturated heterocycles. The Labute approximate surface area is 191 Å². The van der Waals surface area contributed by atoms with Gasteiger partial charge in [0, 0.05) is 34.8 Å². The van der Waals surface area contributed by atoms with Gasteiger partial charge in [-0.15, -0.1) is 0 Å². The van der Waals surface area contributed by atoms with Crippen LogP contribution in [0.25, 0.3) is 0 Å². The van der Waals surface area contributed by atoms with Crippen molar-refractivity contribution < 1.29 is 19.1 Å². The predicted octanol–water partition coefficient (Wildman–Crippen LogP) is 5.10. The van der Waals surface area contributed by atoms with E-state index in [1.165, 1.54) is 0 Å². The summed E-state index contributed by atoms with van der Waals surface area (Å²) >= 11 is 5.93. The molecule has 0 spiro atoms. The normalized spacial score (nSPS) is 10.3. The largest absolute Gasteiger partial charge is 0.465 e. The van der Waals surface area contributed by atoms with E-state index in [1.807, 2.05) is 30.3 Å². The lowest BCUT2D eigenvalue weighted by molar-refractivity contribution is -0.144. The Hall–Kier alpha value is -3.64. The van der Waals surface area contributed by atoms with Gasteiger partial charge < -0.3 is 15.4 Å². The molecule has 0 saturated carbocycles. The van der Waals surface area contributed by atoms with Crippen LogP contribution in [-0.4, -0.2) is 24.4 Å². The van der Waals surface area contributed by atoms with Crippen molar-refractivity contribution in [2.45, 2.75) is 19.3 Å². The fraction of sp³-hybridized carbons (Fsp3) is 0.160. The van der Waals surface area contributed by atoms with E-state index in [-0.39, 0.29) is 31.3 Å². The molecule has 3 rings (SSSR count). The van der Waals surface area contributed by atoms with Crippen molar-refractivity contribution in [2.75, 3.05) is 17.2 Å². The zero-order chi connectivity index (χ0) is 22.8. The zero-order valence-electron chi connectivity index (χ0n) is 17.3. The third kappa shape index (κ3) is 7.56. The minimum absolute atomic E-state index is 0.0108. The first-order valence-electron chi connectivity index (χ1n) is 10.2. The number of hydrogen-bond acceptors (Lipinski definition) is 4. The summed E-state index contributed by atoms with van der Waals surface area (Å²) in [6.45, 7) is 0.272. The fourth-order valence-electron chi connectivity index (χ4n) is 2.95. The summed E-state index contributed by atoms with van der Waals surface area (Å²) in [4.78, 5) is 36.5. The highest BCUT2D eigenvalue weighted by Crippen LogP contribution is 2.17. The number of carbonyl (C=O) groups is 3. The van der Waals surface area contributed by atoms with Gasteiger partial charge >= 0.3 is 5.97 Å². The van der Waals surface area contributed by atoms with Gasteiger partial charge in [0.15, 0.2) is 0 Å². The predicted molar refractivity (Wildman–Crippen MR) is 125 cm³/mol. The van der Waals surface area contributed by atoms with Gasteiger partial charge in [0.25, 0.3) is 5.91 Å². The number of ether oxygens (including phenoxy) is 1. The smallest absolute Gasteiger partial charge is 0.306 e. The second-order valence-electron chi connectivity index (χ2n) is 7.05. The van der Waals surface area contributed by atoms with Crippen LogP contribution in [0.5, 0.6) is 0 Å². The Morgan fingerprint density at radius 2 is 1.50 bits per heavy atom. The van der Waals surface area contributed by atoms with E-state index in [0.717, 1.165) is 5.56 Å². The number of amides is 2. The van der Waals surface area contributed by atoms with E-state index in [9.17, 15) is 14.4 Å². The first-order chi connectivity index (χ1) is 15.5. The van der Waals surface area contributed by atoms with Gasteiger partial charge in [-0.2, -0.15) is 0 Å². The van der Waals surface area contributed by atoms with Crippen molar-refractivity contribution in [3.8, 4) is 0 Å². The summed E-state index contributed by atoms with van der Waals surface area (Å²) in [5, 5.41) is 5.97. The number of halogens is 1. The second-order valence-corrected chi connectivity index (χ2v) is 7.49. The summed E-state index contributed by atoms with van der Waals surface area (Å²) in [6, 6.07) is 23.1. The Morgan fingerprint density at radius 1 is 0.781 bits per heavy atom. The van der Waals surface area contributed by atoms with Crippen molar-refractivity contribution in [3.63, 3.8) is 0 Å². The maximum Gasteiger partial charge on any atom is 0.306 e. The van der Waals surface area contributed by atoms with E-state index >= 15 is 0 Å². The zero-order valence-corrected chi connectivity index (χ0v) is 18.1. The highest BCUT2D eigenvalue weighted by atomic mass is 35.5. The van der Waals surface area contributed by atoms with Gasteiger partial charge in [0.1, 0.15) is 0 Å². The van der Waals surface area contributed by atoms with Crippen LogP contribution >= 0.6 is 11.6 Å². The molecule has 0 aliphatic heterocycles. The van der Waals surface area contributed by atoms with Gasteiger partial charge in [-0.1, -0.05) is 54.1 Å². The standard InChI is InChI=1S/C25H23ClN2O4/c26-20-9-5-11-22(17-20)28-25(31)19-8-4-10-21(16-19)27-23(29)12-13-24(30)32-15-14-18-6-2-1-3-7-18/h1-11,16-17H,12-15H2,(H,27,29)(H,28,31). The molecule has 2 N–H and O–H groups in total. The molecular formula is C25H23ClN2O4. The van der Waals surface area contributed by atoms with Crippen molar-refractivity contribution in [1.82, 2.24) is 0 Å². The summed E-state index contributed by atoms with van der Waals surface area (Å²) in [5.41, 5.74) is 2.49. The van der Waals surface area contributed by atoms with E-state index in [1.54, 1.807) is 48.5 Å². The molecule has 0 heterocycles. The summed E-state index contributed by atoms with van der Waals surface area (Å²) in [5.74, 6) is -1.09. The van der Waals surface area contributed by atoms with E-state index < -0.39 is 5.97 Å². The Balaban J connectivity index is 1.43. The number of rotatable bonds is 9. The third-order valence-electron chi connectivity index (χ3n) is 4.54. The van der Waals surface area contributed by atoms with Gasteiger partial charge in [-0.05, 0) is 42.0 Å². The van der Waals surface area contributed by atoms with E-state index in [4.69, 9.17) is 16.3 Å². The summed E-state index contributed by atoms with van der Waals surface area (Å²) in [7, 11) is 0. The number of anilines is 2. The lowest BCUT2D eigenvalue weighted by atomic mass is 10.1. The Kier molecular flexibility index (Phi) is 8.40. The topological polar surface area (TPSA) is 84.5 Å². The molecule has 0 unspecified atom stereocenters. The minimum atomic E-state index is -0.425. The maximum absolute atomic E-state index is 12.5. The molecule has 0 bridgehead atoms. The number of hydrogen-bond donors (Lipinski definition) is 2. The highest BCUT2D eigenvalue weighted by Gasteiger charge is 2.11. The number of esters is 1. The lowest BCUT2D eigenvalue weighted by Gasteiger charge is -2.09. The number of carbonyl (C=O) groups excluding carboxylic acids is 3. The first kappa shape index (κ1) is 23.0. The second kappa shape index (κ2) is 11.7. The first-order valence-corrected chi connectivity index (χ1v) is 10.5. The monoisotopic (exact) mass is 450 g/mol. The molecule has 32 heavy (non-hydrogen) atoms. The van der Waals surface area contributed by atoms with Crippen LogP contribution in [0.3, 0.4) is 0 Å². The van der Waals surface area contributed by atoms with Crippen molar-refractivity contribution in [3.05, 3.63) is 95.0 Å². The number of benzene rings is 3. The van der Waals surface area contributed by atoms with Crippen LogP contribution in [0.15, 0.2) is 78.9 Å². The molecule has 0 aliphatic rings. The van der Waals surface area contributed by atoms with Crippen LogP contribution in [-0.2, 0) is 20.7 Å². The van der Waals surface area contributed by atoms with Gasteiger partial charge in [-0.25, -0.2) is 0 Å². The average Bonchev–Trinajstić information content (AvgIpc) is 2.79. The van der Waals surface area contributed by atoms with Crippen LogP contribution in [0, 0.1) is 0 Å². The van der Waals surface area contributed by atoms with Crippen molar-refractivity contribution >= 4 is 40.8 Å². The Bertz CT molecular complexity index is 1090. The Morgan fingerprint density at radius 3 is 2.25 bits per heavy atom. The molecule has 6 nitrogen and oxygen atoms in total. The average molecular weight is 451 g/mol. The molecule has 0 fully saturated rings. The minimum Gasteiger partial charge on any atom is -0.465 e. The molecular weight excluding hydrogens is 428 g/mol. The molecule has 0 radical (unpaired) electrons. The van der Waals surface area contributed by atoms with Crippen molar-refractivity contribution in [1.29, 1.82) is 0 Å². The molecule has 0 aromatic heterocycles. The molecule has 0 aliphatic carbocycles. The fourth-order valence-corrected chi connectivity index (χ4v) is 3.14. The lowest BCUT2D eigenvalue weighted by Crippen LogP contribution is -2.16. The quantitative estimate of drug-likeness (QED) is 0.444. The van der Waals surface area contributed by atoms with Crippen LogP contribution in [0.1, 0.15) is 28.8 Å². The molecule has 3 aromatic carbocycles. The molecule has 7 heteroatoms. The molecule has 3 aromatic rings. The molecule has 2 amide bonds. The van der Waals surface area contributed by atoms with Crippen molar-refractivity contribution in [2.24, 2.45) is 0 Å². The molecule has 164 valence electrons. The number of nitrogens with one attached hydrogen (secondary N) is 2. The SMILES string of the molecule is O=C(CCC(=O)OCCc1ccccc1)Nc1cccc(C(=O)Nc2cccc(Cl)c2)c1. The van der Waals surface area contributed by atoms with Crippen LogP contribution in [0.2, 0.25) is 5.02 Å². The third-order valence-corrected chi connectivity index (χ3v) is 4.78. The van der Waals surface area contributed by atoms with Crippen LogP contribution < -0.4 is 10.6 Å². The van der Waals surface area contributed by atoms with Gasteiger partial charge in [0.05, 0.1) is 13.0 Å². The van der Waals surface area contributed by atoms with Gasteiger partial charge in [0.2, 0.25) is 5.91 Å². The summed E-state index contributed by atoms with van der Waals surface area (Å²) in [6.07, 6.45) is 0.599. The van der Waals surface area contributed by atoms with E-state index in [2.05, 4.69) is 10.6 Å².